The average Bonchev–Trinajstić information content (AvgIpc) is 3.66. The van der Waals surface area contributed by atoms with E-state index >= 15 is 0 Å². The Labute approximate surface area is 272 Å². The molecule has 0 fully saturated rings. The maximum Gasteiger partial charge on any atom is 0.299 e. The van der Waals surface area contributed by atoms with Crippen molar-refractivity contribution in [3.05, 3.63) is 82.9 Å². The van der Waals surface area contributed by atoms with Gasteiger partial charge in [-0.3, -0.25) is 0 Å². The standard InChI is InChI=1S/C40H46N3O2Si/c1-22(2)26-18-28(23(3)4)37(29(19-26)24(5)6)43-33-15-13-12-14-32(33)42(8)39(43)36-25(7)16-17-27-30-20-31-35(21-34(30)44-38(27)36)45-40(41-31)46(9,10)11/h12-24H,1-11H3/q+1. The summed E-state index contributed by atoms with van der Waals surface area (Å²) in [6.45, 7) is 22.9. The van der Waals surface area contributed by atoms with E-state index in [1.807, 2.05) is 6.07 Å². The van der Waals surface area contributed by atoms with Gasteiger partial charge in [0.05, 0.1) is 7.05 Å². The molecule has 7 aromatic rings. The zero-order valence-electron chi connectivity index (χ0n) is 29.2. The monoisotopic (exact) mass is 628 g/mol. The predicted molar refractivity (Wildman–Crippen MR) is 195 cm³/mol. The zero-order chi connectivity index (χ0) is 32.8. The molecule has 0 saturated heterocycles. The van der Waals surface area contributed by atoms with E-state index in [1.165, 1.54) is 39.0 Å². The molecule has 0 radical (unpaired) electrons. The first-order valence-corrected chi connectivity index (χ1v) is 20.2. The topological polar surface area (TPSA) is 48.0 Å². The predicted octanol–water partition coefficient (Wildman–Crippen LogP) is 10.4. The summed E-state index contributed by atoms with van der Waals surface area (Å²) in [5.74, 6) is 2.26. The number of para-hydroxylation sites is 2. The molecule has 0 bridgehead atoms. The van der Waals surface area contributed by atoms with Crippen LogP contribution in [0, 0.1) is 6.92 Å². The van der Waals surface area contributed by atoms with Gasteiger partial charge in [0.15, 0.2) is 27.7 Å². The molecule has 0 spiro atoms. The van der Waals surface area contributed by atoms with Crippen molar-refractivity contribution >= 4 is 57.7 Å². The third kappa shape index (κ3) is 4.64. The summed E-state index contributed by atoms with van der Waals surface area (Å²) in [5.41, 5.74) is 14.3. The summed E-state index contributed by atoms with van der Waals surface area (Å²) >= 11 is 0. The molecular weight excluding hydrogens is 583 g/mol. The highest BCUT2D eigenvalue weighted by molar-refractivity contribution is 6.87. The second-order valence-corrected chi connectivity index (χ2v) is 20.0. The van der Waals surface area contributed by atoms with E-state index < -0.39 is 8.07 Å². The Morgan fingerprint density at radius 3 is 2.07 bits per heavy atom. The number of aromatic nitrogens is 3. The molecule has 236 valence electrons. The molecule has 0 saturated carbocycles. The minimum atomic E-state index is -1.70. The Kier molecular flexibility index (Phi) is 7.09. The van der Waals surface area contributed by atoms with Gasteiger partial charge in [0.2, 0.25) is 0 Å². The van der Waals surface area contributed by atoms with Crippen LogP contribution >= 0.6 is 0 Å². The SMILES string of the molecule is Cc1ccc2c(oc3cc4oc([Si](C)(C)C)nc4cc32)c1-c1n(-c2c(C(C)C)cc(C(C)C)cc2C(C)C)c2ccccc2[n+]1C. The Morgan fingerprint density at radius 2 is 1.43 bits per heavy atom. The fraction of sp³-hybridized carbons (Fsp3) is 0.350. The molecule has 0 atom stereocenters. The van der Waals surface area contributed by atoms with Crippen LogP contribution in [0.25, 0.3) is 61.1 Å². The van der Waals surface area contributed by atoms with E-state index in [-0.39, 0.29) is 0 Å². The lowest BCUT2D eigenvalue weighted by Crippen LogP contribution is -2.38. The lowest BCUT2D eigenvalue weighted by atomic mass is 9.87. The molecular formula is C40H46N3O2Si+. The Balaban J connectivity index is 1.61. The number of hydrogen-bond donors (Lipinski definition) is 0. The Bertz CT molecular complexity index is 2280. The smallest absolute Gasteiger partial charge is 0.299 e. The number of furan rings is 1. The Hall–Kier alpha value is -4.16. The number of oxazole rings is 1. The van der Waals surface area contributed by atoms with Gasteiger partial charge >= 0.3 is 0 Å². The third-order valence-corrected chi connectivity index (χ3v) is 11.1. The molecule has 4 aromatic carbocycles. The molecule has 3 heterocycles. The molecule has 7 rings (SSSR count). The average molecular weight is 629 g/mol. The highest BCUT2D eigenvalue weighted by Crippen LogP contribution is 2.43. The molecule has 0 N–H and O–H groups in total. The van der Waals surface area contributed by atoms with Crippen molar-refractivity contribution in [3.8, 4) is 17.1 Å². The largest absolute Gasteiger partial charge is 0.455 e. The van der Waals surface area contributed by atoms with Crippen molar-refractivity contribution in [1.82, 2.24) is 9.55 Å². The van der Waals surface area contributed by atoms with Crippen molar-refractivity contribution in [1.29, 1.82) is 0 Å². The van der Waals surface area contributed by atoms with Crippen LogP contribution in [-0.2, 0) is 7.05 Å². The third-order valence-electron chi connectivity index (χ3n) is 9.56. The van der Waals surface area contributed by atoms with Gasteiger partial charge in [-0.1, -0.05) is 97.6 Å². The first-order valence-electron chi connectivity index (χ1n) is 16.7. The molecule has 5 nitrogen and oxygen atoms in total. The maximum atomic E-state index is 6.87. The minimum absolute atomic E-state index is 0.345. The van der Waals surface area contributed by atoms with Gasteiger partial charge in [-0.25, -0.2) is 9.55 Å². The highest BCUT2D eigenvalue weighted by Gasteiger charge is 2.34. The second kappa shape index (κ2) is 10.7. The summed E-state index contributed by atoms with van der Waals surface area (Å²) in [4.78, 5) is 4.93. The molecule has 0 unspecified atom stereocenters. The van der Waals surface area contributed by atoms with E-state index in [9.17, 15) is 0 Å². The summed E-state index contributed by atoms with van der Waals surface area (Å²) < 4.78 is 18.0. The fourth-order valence-electron chi connectivity index (χ4n) is 6.95. The highest BCUT2D eigenvalue weighted by atomic mass is 28.3. The number of fused-ring (bicyclic) bond motifs is 5. The second-order valence-electron chi connectivity index (χ2n) is 15.0. The van der Waals surface area contributed by atoms with Gasteiger partial charge < -0.3 is 8.83 Å². The lowest BCUT2D eigenvalue weighted by Gasteiger charge is -2.21. The normalized spacial score (nSPS) is 12.8. The van der Waals surface area contributed by atoms with E-state index in [2.05, 4.69) is 139 Å². The molecule has 0 aliphatic rings. The zero-order valence-corrected chi connectivity index (χ0v) is 30.2. The van der Waals surface area contributed by atoms with E-state index in [4.69, 9.17) is 13.8 Å². The summed E-state index contributed by atoms with van der Waals surface area (Å²) in [7, 11) is 0.494. The summed E-state index contributed by atoms with van der Waals surface area (Å²) in [6.07, 6.45) is 0. The lowest BCUT2D eigenvalue weighted by molar-refractivity contribution is -0.633. The first-order chi connectivity index (χ1) is 21.8. The number of aryl methyl sites for hydroxylation is 2. The van der Waals surface area contributed by atoms with Crippen LogP contribution in [-0.4, -0.2) is 17.6 Å². The van der Waals surface area contributed by atoms with Gasteiger partial charge in [0.25, 0.3) is 5.82 Å². The number of imidazole rings is 1. The minimum Gasteiger partial charge on any atom is -0.455 e. The van der Waals surface area contributed by atoms with Crippen molar-refractivity contribution in [3.63, 3.8) is 0 Å². The Morgan fingerprint density at radius 1 is 0.761 bits per heavy atom. The van der Waals surface area contributed by atoms with Crippen LogP contribution in [0.5, 0.6) is 0 Å². The van der Waals surface area contributed by atoms with E-state index in [1.54, 1.807) is 0 Å². The van der Waals surface area contributed by atoms with Crippen molar-refractivity contribution in [2.75, 3.05) is 0 Å². The van der Waals surface area contributed by atoms with E-state index in [0.717, 1.165) is 49.9 Å². The first kappa shape index (κ1) is 30.5. The molecule has 0 aliphatic carbocycles. The van der Waals surface area contributed by atoms with Crippen LogP contribution in [0.3, 0.4) is 0 Å². The number of benzene rings is 4. The van der Waals surface area contributed by atoms with Crippen LogP contribution in [0.15, 0.2) is 69.5 Å². The van der Waals surface area contributed by atoms with Crippen molar-refractivity contribution < 1.29 is 13.4 Å². The van der Waals surface area contributed by atoms with Crippen molar-refractivity contribution in [2.24, 2.45) is 7.05 Å². The van der Waals surface area contributed by atoms with Crippen LogP contribution in [0.2, 0.25) is 19.6 Å². The van der Waals surface area contributed by atoms with Crippen LogP contribution < -0.4 is 10.1 Å². The molecule has 46 heavy (non-hydrogen) atoms. The molecule has 0 amide bonds. The van der Waals surface area contributed by atoms with Gasteiger partial charge in [0.1, 0.15) is 30.4 Å². The van der Waals surface area contributed by atoms with Crippen LogP contribution in [0.1, 0.15) is 81.5 Å². The van der Waals surface area contributed by atoms with E-state index in [0.29, 0.717) is 17.8 Å². The molecule has 3 aromatic heterocycles. The van der Waals surface area contributed by atoms with Gasteiger partial charge in [-0.2, -0.15) is 4.57 Å². The van der Waals surface area contributed by atoms with Crippen molar-refractivity contribution in [2.45, 2.75) is 85.9 Å². The summed E-state index contributed by atoms with van der Waals surface area (Å²) in [5, 5.41) is 2.16. The number of rotatable bonds is 6. The number of nitrogens with zero attached hydrogens (tertiary/aromatic N) is 3. The molecule has 0 aliphatic heterocycles. The number of hydrogen-bond acceptors (Lipinski definition) is 3. The van der Waals surface area contributed by atoms with Gasteiger partial charge in [-0.15, -0.1) is 0 Å². The fourth-order valence-corrected chi connectivity index (χ4v) is 7.83. The molecule has 6 heteroatoms. The maximum absolute atomic E-state index is 6.87. The quantitative estimate of drug-likeness (QED) is 0.136. The summed E-state index contributed by atoms with van der Waals surface area (Å²) in [6, 6.07) is 22.3. The van der Waals surface area contributed by atoms with Gasteiger partial charge in [-0.05, 0) is 54.0 Å². The van der Waals surface area contributed by atoms with Crippen LogP contribution in [0.4, 0.5) is 0 Å². The van der Waals surface area contributed by atoms with Gasteiger partial charge in [0, 0.05) is 28.0 Å².